The number of para-hydroxylation sites is 1. The fourth-order valence-electron chi connectivity index (χ4n) is 2.46. The average molecular weight is 410 g/mol. The van der Waals surface area contributed by atoms with Gasteiger partial charge in [-0.25, -0.2) is 17.8 Å². The van der Waals surface area contributed by atoms with E-state index < -0.39 is 10.0 Å². The van der Waals surface area contributed by atoms with Crippen molar-refractivity contribution in [3.05, 3.63) is 82.1 Å². The summed E-state index contributed by atoms with van der Waals surface area (Å²) in [5.41, 5.74) is 2.49. The fourth-order valence-corrected chi connectivity index (χ4v) is 3.92. The monoisotopic (exact) mass is 409 g/mol. The van der Waals surface area contributed by atoms with Gasteiger partial charge in [-0.15, -0.1) is 0 Å². The van der Waals surface area contributed by atoms with Crippen LogP contribution in [0.3, 0.4) is 0 Å². The second-order valence-corrected chi connectivity index (χ2v) is 8.40. The Balaban J connectivity index is 1.55. The Labute approximate surface area is 162 Å². The van der Waals surface area contributed by atoms with E-state index in [0.29, 0.717) is 28.6 Å². The molecule has 1 aromatic heterocycles. The molecule has 26 heavy (non-hydrogen) atoms. The Morgan fingerprint density at radius 1 is 1.00 bits per heavy atom. The zero-order valence-electron chi connectivity index (χ0n) is 13.8. The summed E-state index contributed by atoms with van der Waals surface area (Å²) in [4.78, 5) is 0. The Morgan fingerprint density at radius 2 is 1.77 bits per heavy atom. The first-order chi connectivity index (χ1) is 12.4. The molecule has 0 aliphatic carbocycles. The topological polar surface area (TPSA) is 64.0 Å². The maximum Gasteiger partial charge on any atom is 0.215 e. The lowest BCUT2D eigenvalue weighted by molar-refractivity contribution is 0.581. The number of nitrogens with one attached hydrogen (secondary N) is 1. The van der Waals surface area contributed by atoms with Crippen molar-refractivity contribution >= 4 is 33.2 Å². The summed E-state index contributed by atoms with van der Waals surface area (Å²) in [5.74, 6) is -0.146. The van der Waals surface area contributed by atoms with Gasteiger partial charge in [0.2, 0.25) is 10.0 Å². The third kappa shape index (κ3) is 5.08. The van der Waals surface area contributed by atoms with Crippen molar-refractivity contribution in [3.63, 3.8) is 0 Å². The molecule has 0 bridgehead atoms. The van der Waals surface area contributed by atoms with E-state index in [-0.39, 0.29) is 5.75 Å². The van der Waals surface area contributed by atoms with E-state index in [1.54, 1.807) is 29.1 Å². The van der Waals surface area contributed by atoms with Crippen molar-refractivity contribution in [1.82, 2.24) is 14.5 Å². The highest BCUT2D eigenvalue weighted by Crippen LogP contribution is 2.23. The van der Waals surface area contributed by atoms with E-state index in [2.05, 4.69) is 9.82 Å². The highest BCUT2D eigenvalue weighted by Gasteiger charge is 2.12. The third-order valence-electron chi connectivity index (χ3n) is 3.73. The Hall–Kier alpha value is -1.86. The molecule has 3 rings (SSSR count). The van der Waals surface area contributed by atoms with E-state index in [0.717, 1.165) is 11.3 Å². The van der Waals surface area contributed by atoms with Gasteiger partial charge in [0, 0.05) is 12.7 Å². The van der Waals surface area contributed by atoms with Crippen LogP contribution in [0, 0.1) is 0 Å². The largest absolute Gasteiger partial charge is 0.241 e. The number of aromatic nitrogens is 2. The molecule has 0 saturated carbocycles. The first-order valence-corrected chi connectivity index (χ1v) is 10.3. The van der Waals surface area contributed by atoms with Crippen molar-refractivity contribution in [2.75, 3.05) is 6.54 Å². The minimum absolute atomic E-state index is 0.146. The van der Waals surface area contributed by atoms with Gasteiger partial charge in [0.05, 0.1) is 27.7 Å². The Morgan fingerprint density at radius 3 is 2.50 bits per heavy atom. The first kappa shape index (κ1) is 18.9. The summed E-state index contributed by atoms with van der Waals surface area (Å²) in [5, 5.41) is 5.04. The van der Waals surface area contributed by atoms with Gasteiger partial charge in [-0.05, 0) is 41.8 Å². The molecule has 0 amide bonds. The Kier molecular flexibility index (Phi) is 5.98. The maximum absolute atomic E-state index is 12.2. The van der Waals surface area contributed by atoms with Gasteiger partial charge in [-0.3, -0.25) is 0 Å². The summed E-state index contributed by atoms with van der Waals surface area (Å²) in [6, 6.07) is 14.5. The highest BCUT2D eigenvalue weighted by atomic mass is 35.5. The van der Waals surface area contributed by atoms with Gasteiger partial charge >= 0.3 is 0 Å². The molecule has 136 valence electrons. The van der Waals surface area contributed by atoms with Crippen molar-refractivity contribution in [2.24, 2.45) is 0 Å². The molecule has 0 fully saturated rings. The van der Waals surface area contributed by atoms with Crippen molar-refractivity contribution in [2.45, 2.75) is 12.2 Å². The molecule has 0 aliphatic heterocycles. The molecule has 0 radical (unpaired) electrons. The standard InChI is InChI=1S/C18H17Cl2N3O2S/c19-17-7-6-14(10-18(17)20)13-26(24,25)22-9-8-15-11-21-23(12-15)16-4-2-1-3-5-16/h1-7,10-12,22H,8-9,13H2. The van der Waals surface area contributed by atoms with Crippen LogP contribution in [0.2, 0.25) is 10.0 Å². The number of hydrogen-bond acceptors (Lipinski definition) is 3. The molecule has 0 atom stereocenters. The summed E-state index contributed by atoms with van der Waals surface area (Å²) < 4.78 is 28.8. The van der Waals surface area contributed by atoms with Gasteiger partial charge in [0.25, 0.3) is 0 Å². The number of sulfonamides is 1. The number of nitrogens with zero attached hydrogens (tertiary/aromatic N) is 2. The van der Waals surface area contributed by atoms with Crippen LogP contribution in [0.1, 0.15) is 11.1 Å². The predicted octanol–water partition coefficient (Wildman–Crippen LogP) is 3.84. The zero-order chi connectivity index (χ0) is 18.6. The molecule has 5 nitrogen and oxygen atoms in total. The molecule has 0 saturated heterocycles. The normalized spacial score (nSPS) is 11.6. The van der Waals surface area contributed by atoms with Crippen molar-refractivity contribution < 1.29 is 8.42 Å². The quantitative estimate of drug-likeness (QED) is 0.644. The van der Waals surface area contributed by atoms with E-state index in [1.165, 1.54) is 0 Å². The van der Waals surface area contributed by atoms with Crippen LogP contribution in [0.25, 0.3) is 5.69 Å². The third-order valence-corrected chi connectivity index (χ3v) is 5.83. The van der Waals surface area contributed by atoms with Crippen LogP contribution in [-0.4, -0.2) is 24.7 Å². The number of hydrogen-bond donors (Lipinski definition) is 1. The number of benzene rings is 2. The van der Waals surface area contributed by atoms with E-state index in [9.17, 15) is 8.42 Å². The van der Waals surface area contributed by atoms with Gasteiger partial charge in [-0.2, -0.15) is 5.10 Å². The number of rotatable bonds is 7. The molecular weight excluding hydrogens is 393 g/mol. The Bertz CT molecular complexity index is 989. The zero-order valence-corrected chi connectivity index (χ0v) is 16.1. The van der Waals surface area contributed by atoms with Crippen LogP contribution < -0.4 is 4.72 Å². The molecular formula is C18H17Cl2N3O2S. The van der Waals surface area contributed by atoms with Gasteiger partial charge < -0.3 is 0 Å². The smallest absolute Gasteiger partial charge is 0.215 e. The minimum Gasteiger partial charge on any atom is -0.241 e. The summed E-state index contributed by atoms with van der Waals surface area (Å²) in [6.07, 6.45) is 4.18. The second-order valence-electron chi connectivity index (χ2n) is 5.78. The molecule has 1 heterocycles. The van der Waals surface area contributed by atoms with Crippen molar-refractivity contribution in [1.29, 1.82) is 0 Å². The predicted molar refractivity (Wildman–Crippen MR) is 104 cm³/mol. The lowest BCUT2D eigenvalue weighted by Crippen LogP contribution is -2.27. The number of halogens is 2. The summed E-state index contributed by atoms with van der Waals surface area (Å²) in [7, 11) is -3.46. The molecule has 0 spiro atoms. The first-order valence-electron chi connectivity index (χ1n) is 7.93. The van der Waals surface area contributed by atoms with Crippen LogP contribution >= 0.6 is 23.2 Å². The minimum atomic E-state index is -3.46. The van der Waals surface area contributed by atoms with Gasteiger partial charge in [0.15, 0.2) is 0 Å². The van der Waals surface area contributed by atoms with E-state index >= 15 is 0 Å². The SMILES string of the molecule is O=S(=O)(Cc1ccc(Cl)c(Cl)c1)NCCc1cnn(-c2ccccc2)c1. The van der Waals surface area contributed by atoms with E-state index in [1.807, 2.05) is 36.5 Å². The average Bonchev–Trinajstić information content (AvgIpc) is 3.07. The van der Waals surface area contributed by atoms with Crippen LogP contribution in [0.4, 0.5) is 0 Å². The molecule has 2 aromatic carbocycles. The highest BCUT2D eigenvalue weighted by molar-refractivity contribution is 7.88. The van der Waals surface area contributed by atoms with Crippen LogP contribution in [0.15, 0.2) is 60.9 Å². The molecule has 1 N–H and O–H groups in total. The van der Waals surface area contributed by atoms with Crippen LogP contribution in [-0.2, 0) is 22.2 Å². The lowest BCUT2D eigenvalue weighted by atomic mass is 10.2. The molecule has 0 unspecified atom stereocenters. The van der Waals surface area contributed by atoms with Gasteiger partial charge in [-0.1, -0.05) is 47.5 Å². The van der Waals surface area contributed by atoms with Crippen LogP contribution in [0.5, 0.6) is 0 Å². The maximum atomic E-state index is 12.2. The lowest BCUT2D eigenvalue weighted by Gasteiger charge is -2.07. The van der Waals surface area contributed by atoms with Gasteiger partial charge in [0.1, 0.15) is 0 Å². The molecule has 8 heteroatoms. The fraction of sp³-hybridized carbons (Fsp3) is 0.167. The van der Waals surface area contributed by atoms with E-state index in [4.69, 9.17) is 23.2 Å². The molecule has 0 aliphatic rings. The summed E-state index contributed by atoms with van der Waals surface area (Å²) >= 11 is 11.8. The second kappa shape index (κ2) is 8.22. The van der Waals surface area contributed by atoms with Crippen molar-refractivity contribution in [3.8, 4) is 5.69 Å². The summed E-state index contributed by atoms with van der Waals surface area (Å²) in [6.45, 7) is 0.296. The molecule has 3 aromatic rings.